The molecule has 1 aliphatic rings. The number of benzene rings is 2. The van der Waals surface area contributed by atoms with E-state index in [-0.39, 0.29) is 24.3 Å². The SMILES string of the molecule is CCCCNC(=O)CN1C(c2ccc(Cl)cc2)=CC(c2ccc(F)cc2)n2nnnc21. The van der Waals surface area contributed by atoms with Gasteiger partial charge in [-0.15, -0.1) is 0 Å². The summed E-state index contributed by atoms with van der Waals surface area (Å²) in [5.74, 6) is -0.000656. The molecule has 1 N–H and O–H groups in total. The number of fused-ring (bicyclic) bond motifs is 1. The normalized spacial score (nSPS) is 15.4. The molecule has 3 aromatic rings. The van der Waals surface area contributed by atoms with Crippen LogP contribution in [-0.4, -0.2) is 39.2 Å². The second-order valence-corrected chi connectivity index (χ2v) is 7.70. The summed E-state index contributed by atoms with van der Waals surface area (Å²) in [7, 11) is 0. The number of tetrazole rings is 1. The van der Waals surface area contributed by atoms with E-state index in [1.54, 1.807) is 33.8 Å². The summed E-state index contributed by atoms with van der Waals surface area (Å²) in [4.78, 5) is 14.4. The average molecular weight is 441 g/mol. The Bertz CT molecular complexity index is 1080. The number of unbranched alkanes of at least 4 members (excludes halogenated alkanes) is 1. The van der Waals surface area contributed by atoms with E-state index in [1.807, 2.05) is 18.2 Å². The van der Waals surface area contributed by atoms with Gasteiger partial charge in [0.05, 0.1) is 5.70 Å². The molecule has 2 heterocycles. The number of hydrogen-bond acceptors (Lipinski definition) is 5. The molecule has 0 aliphatic carbocycles. The highest BCUT2D eigenvalue weighted by Crippen LogP contribution is 2.36. The first-order chi connectivity index (χ1) is 15.1. The van der Waals surface area contributed by atoms with E-state index < -0.39 is 0 Å². The first kappa shape index (κ1) is 21.0. The first-order valence-electron chi connectivity index (χ1n) is 10.1. The monoisotopic (exact) mass is 440 g/mol. The van der Waals surface area contributed by atoms with E-state index in [9.17, 15) is 9.18 Å². The second-order valence-electron chi connectivity index (χ2n) is 7.27. The Kier molecular flexibility index (Phi) is 6.27. The van der Waals surface area contributed by atoms with Crippen LogP contribution in [-0.2, 0) is 4.79 Å². The van der Waals surface area contributed by atoms with Gasteiger partial charge < -0.3 is 5.32 Å². The third-order valence-corrected chi connectivity index (χ3v) is 5.34. The van der Waals surface area contributed by atoms with Gasteiger partial charge in [0.1, 0.15) is 18.4 Å². The fraction of sp³-hybridized carbons (Fsp3) is 0.273. The molecule has 1 aromatic heterocycles. The number of anilines is 1. The number of hydrogen-bond donors (Lipinski definition) is 1. The summed E-state index contributed by atoms with van der Waals surface area (Å²) < 4.78 is 15.1. The molecule has 0 radical (unpaired) electrons. The molecule has 4 rings (SSSR count). The van der Waals surface area contributed by atoms with Crippen LogP contribution < -0.4 is 10.2 Å². The Balaban J connectivity index is 1.74. The van der Waals surface area contributed by atoms with Crippen molar-refractivity contribution in [3.63, 3.8) is 0 Å². The van der Waals surface area contributed by atoms with Crippen molar-refractivity contribution < 1.29 is 9.18 Å². The topological polar surface area (TPSA) is 75.9 Å². The lowest BCUT2D eigenvalue weighted by atomic mass is 10.0. The van der Waals surface area contributed by atoms with Crippen LogP contribution >= 0.6 is 11.6 Å². The Morgan fingerprint density at radius 3 is 2.61 bits per heavy atom. The van der Waals surface area contributed by atoms with Crippen LogP contribution in [0.25, 0.3) is 5.70 Å². The number of nitrogens with zero attached hydrogens (tertiary/aromatic N) is 5. The van der Waals surface area contributed by atoms with Gasteiger partial charge in [0.25, 0.3) is 5.95 Å². The van der Waals surface area contributed by atoms with E-state index in [1.165, 1.54) is 12.1 Å². The highest BCUT2D eigenvalue weighted by Gasteiger charge is 2.31. The van der Waals surface area contributed by atoms with Crippen LogP contribution in [0, 0.1) is 5.82 Å². The minimum Gasteiger partial charge on any atom is -0.355 e. The van der Waals surface area contributed by atoms with Crippen LogP contribution in [0.1, 0.15) is 36.9 Å². The smallest absolute Gasteiger partial charge is 0.251 e. The van der Waals surface area contributed by atoms with Crippen LogP contribution in [0.15, 0.2) is 54.6 Å². The molecule has 1 aliphatic heterocycles. The maximum atomic E-state index is 13.5. The standard InChI is InChI=1S/C22H22ClFN6O/c1-2-3-12-25-21(31)14-29-19(15-4-8-17(23)9-5-15)13-20(30-22(29)26-27-28-30)16-6-10-18(24)11-7-16/h4-11,13,20H,2-3,12,14H2,1H3,(H,25,31). The van der Waals surface area contributed by atoms with Gasteiger partial charge in [-0.25, -0.2) is 4.39 Å². The summed E-state index contributed by atoms with van der Waals surface area (Å²) in [6, 6.07) is 13.2. The van der Waals surface area contributed by atoms with Gasteiger partial charge in [-0.3, -0.25) is 9.69 Å². The van der Waals surface area contributed by atoms with E-state index in [0.29, 0.717) is 17.5 Å². The number of rotatable bonds is 7. The number of amides is 1. The third-order valence-electron chi connectivity index (χ3n) is 5.09. The highest BCUT2D eigenvalue weighted by atomic mass is 35.5. The molecule has 1 atom stereocenters. The molecule has 0 bridgehead atoms. The number of carbonyl (C=O) groups is 1. The zero-order valence-electron chi connectivity index (χ0n) is 17.0. The largest absolute Gasteiger partial charge is 0.355 e. The third kappa shape index (κ3) is 4.59. The van der Waals surface area contributed by atoms with E-state index in [4.69, 9.17) is 11.6 Å². The van der Waals surface area contributed by atoms with Crippen molar-refractivity contribution in [2.24, 2.45) is 0 Å². The molecule has 0 spiro atoms. The maximum absolute atomic E-state index is 13.5. The molecule has 0 fully saturated rings. The predicted molar refractivity (Wildman–Crippen MR) is 117 cm³/mol. The predicted octanol–water partition coefficient (Wildman–Crippen LogP) is 3.83. The van der Waals surface area contributed by atoms with Crippen LogP contribution in [0.2, 0.25) is 5.02 Å². The van der Waals surface area contributed by atoms with Crippen molar-refractivity contribution in [1.82, 2.24) is 25.5 Å². The summed E-state index contributed by atoms with van der Waals surface area (Å²) in [5.41, 5.74) is 2.47. The highest BCUT2D eigenvalue weighted by molar-refractivity contribution is 6.30. The number of allylic oxidation sites excluding steroid dienone is 1. The Morgan fingerprint density at radius 1 is 1.16 bits per heavy atom. The van der Waals surface area contributed by atoms with Crippen molar-refractivity contribution in [2.75, 3.05) is 18.0 Å². The molecule has 31 heavy (non-hydrogen) atoms. The molecule has 1 amide bonds. The van der Waals surface area contributed by atoms with E-state index >= 15 is 0 Å². The second kappa shape index (κ2) is 9.26. The van der Waals surface area contributed by atoms with E-state index in [0.717, 1.165) is 29.7 Å². The molecule has 0 saturated carbocycles. The Hall–Kier alpha value is -3.26. The summed E-state index contributed by atoms with van der Waals surface area (Å²) >= 11 is 6.08. The quantitative estimate of drug-likeness (QED) is 0.565. The van der Waals surface area contributed by atoms with Crippen molar-refractivity contribution >= 4 is 29.2 Å². The van der Waals surface area contributed by atoms with Crippen LogP contribution in [0.4, 0.5) is 10.3 Å². The molecular weight excluding hydrogens is 419 g/mol. The van der Waals surface area contributed by atoms with Crippen LogP contribution in [0.3, 0.4) is 0 Å². The van der Waals surface area contributed by atoms with E-state index in [2.05, 4.69) is 27.8 Å². The van der Waals surface area contributed by atoms with Gasteiger partial charge >= 0.3 is 0 Å². The summed E-state index contributed by atoms with van der Waals surface area (Å²) in [6.45, 7) is 2.75. The van der Waals surface area contributed by atoms with Crippen LogP contribution in [0.5, 0.6) is 0 Å². The lowest BCUT2D eigenvalue weighted by molar-refractivity contribution is -0.119. The van der Waals surface area contributed by atoms with Crippen molar-refractivity contribution in [3.8, 4) is 0 Å². The van der Waals surface area contributed by atoms with Gasteiger partial charge in [0, 0.05) is 11.6 Å². The number of nitrogens with one attached hydrogen (secondary N) is 1. The Labute approximate surface area is 184 Å². The van der Waals surface area contributed by atoms with Gasteiger partial charge in [-0.2, -0.15) is 4.68 Å². The molecule has 7 nitrogen and oxygen atoms in total. The maximum Gasteiger partial charge on any atom is 0.251 e. The first-order valence-corrected chi connectivity index (χ1v) is 10.5. The Morgan fingerprint density at radius 2 is 1.90 bits per heavy atom. The fourth-order valence-corrected chi connectivity index (χ4v) is 3.62. The zero-order valence-corrected chi connectivity index (χ0v) is 17.8. The number of aromatic nitrogens is 4. The lowest BCUT2D eigenvalue weighted by Crippen LogP contribution is -2.40. The zero-order chi connectivity index (χ0) is 21.8. The van der Waals surface area contributed by atoms with Crippen molar-refractivity contribution in [3.05, 3.63) is 76.6 Å². The molecule has 2 aromatic carbocycles. The van der Waals surface area contributed by atoms with Gasteiger partial charge in [-0.05, 0) is 58.3 Å². The lowest BCUT2D eigenvalue weighted by Gasteiger charge is -2.32. The number of carbonyl (C=O) groups excluding carboxylic acids is 1. The average Bonchev–Trinajstić information content (AvgIpc) is 3.26. The fourth-order valence-electron chi connectivity index (χ4n) is 3.49. The van der Waals surface area contributed by atoms with Crippen molar-refractivity contribution in [2.45, 2.75) is 25.8 Å². The molecule has 160 valence electrons. The van der Waals surface area contributed by atoms with Gasteiger partial charge in [0.2, 0.25) is 5.91 Å². The molecule has 9 heteroatoms. The van der Waals surface area contributed by atoms with Gasteiger partial charge in [-0.1, -0.05) is 54.3 Å². The van der Waals surface area contributed by atoms with Gasteiger partial charge in [0.15, 0.2) is 0 Å². The molecule has 1 unspecified atom stereocenters. The molecular formula is C22H22ClFN6O. The number of halogens is 2. The minimum absolute atomic E-state index is 0.0642. The summed E-state index contributed by atoms with van der Waals surface area (Å²) in [5, 5.41) is 15.7. The van der Waals surface area contributed by atoms with Crippen molar-refractivity contribution in [1.29, 1.82) is 0 Å². The molecule has 0 saturated heterocycles. The summed E-state index contributed by atoms with van der Waals surface area (Å²) in [6.07, 6.45) is 3.88. The minimum atomic E-state index is -0.351.